The minimum atomic E-state index is -0.816. The van der Waals surface area contributed by atoms with Gasteiger partial charge in [0.1, 0.15) is 24.2 Å². The van der Waals surface area contributed by atoms with Gasteiger partial charge >= 0.3 is 0 Å². The van der Waals surface area contributed by atoms with E-state index in [4.69, 9.17) is 14.2 Å². The van der Waals surface area contributed by atoms with Crippen molar-refractivity contribution in [3.05, 3.63) is 113 Å². The zero-order valence-corrected chi connectivity index (χ0v) is 24.1. The number of ketones is 1. The Bertz CT molecular complexity index is 1660. The number of imidazole rings is 1. The van der Waals surface area contributed by atoms with Crippen molar-refractivity contribution in [1.82, 2.24) is 14.5 Å². The predicted octanol–water partition coefficient (Wildman–Crippen LogP) is 5.31. The van der Waals surface area contributed by atoms with E-state index in [0.29, 0.717) is 55.2 Å². The summed E-state index contributed by atoms with van der Waals surface area (Å²) in [6.07, 6.45) is 6.57. The van der Waals surface area contributed by atoms with E-state index in [1.54, 1.807) is 43.9 Å². The summed E-state index contributed by atoms with van der Waals surface area (Å²) >= 11 is 0. The molecule has 1 aromatic heterocycles. The number of aliphatic hydroxyl groups is 1. The second-order valence-corrected chi connectivity index (χ2v) is 10.8. The number of ether oxygens (including phenoxy) is 3. The summed E-state index contributed by atoms with van der Waals surface area (Å²) in [5.74, 6) is 0.154. The number of carbonyl (C=O) groups excluding carboxylic acids is 2. The van der Waals surface area contributed by atoms with Gasteiger partial charge in [0.25, 0.3) is 11.7 Å². The van der Waals surface area contributed by atoms with Crippen molar-refractivity contribution in [2.75, 3.05) is 13.7 Å². The number of benzene rings is 3. The number of aromatic nitrogens is 2. The van der Waals surface area contributed by atoms with E-state index in [9.17, 15) is 14.7 Å². The summed E-state index contributed by atoms with van der Waals surface area (Å²) in [5.41, 5.74) is 3.09. The van der Waals surface area contributed by atoms with Crippen molar-refractivity contribution < 1.29 is 28.9 Å². The molecular formula is C34H33N3O6. The summed E-state index contributed by atoms with van der Waals surface area (Å²) in [6.45, 7) is 3.25. The lowest BCUT2D eigenvalue weighted by Gasteiger charge is -2.26. The largest absolute Gasteiger partial charge is 0.507 e. The van der Waals surface area contributed by atoms with Gasteiger partial charge < -0.3 is 28.8 Å². The van der Waals surface area contributed by atoms with Gasteiger partial charge in [-0.2, -0.15) is 0 Å². The van der Waals surface area contributed by atoms with Crippen LogP contribution >= 0.6 is 0 Å². The molecular weight excluding hydrogens is 546 g/mol. The Morgan fingerprint density at radius 1 is 1.05 bits per heavy atom. The van der Waals surface area contributed by atoms with Crippen LogP contribution in [0.4, 0.5) is 0 Å². The van der Waals surface area contributed by atoms with Crippen LogP contribution in [0.5, 0.6) is 17.2 Å². The molecule has 0 aliphatic carbocycles. The van der Waals surface area contributed by atoms with E-state index in [1.165, 1.54) is 4.90 Å². The number of hydrogen-bond donors (Lipinski definition) is 1. The molecule has 3 heterocycles. The van der Waals surface area contributed by atoms with Crippen molar-refractivity contribution in [2.24, 2.45) is 0 Å². The van der Waals surface area contributed by atoms with Gasteiger partial charge in [-0.1, -0.05) is 36.4 Å². The first kappa shape index (κ1) is 28.1. The molecule has 1 N–H and O–H groups in total. The number of methoxy groups -OCH3 is 1. The van der Waals surface area contributed by atoms with Gasteiger partial charge in [-0.15, -0.1) is 0 Å². The molecule has 2 aliphatic heterocycles. The fraction of sp³-hybridized carbons (Fsp3) is 0.265. The molecule has 9 nitrogen and oxygen atoms in total. The van der Waals surface area contributed by atoms with Crippen LogP contribution in [-0.2, 0) is 29.2 Å². The van der Waals surface area contributed by atoms with Crippen molar-refractivity contribution >= 4 is 17.4 Å². The van der Waals surface area contributed by atoms with Crippen LogP contribution in [0.2, 0.25) is 0 Å². The van der Waals surface area contributed by atoms with E-state index in [2.05, 4.69) is 4.98 Å². The third-order valence-corrected chi connectivity index (χ3v) is 7.82. The highest BCUT2D eigenvalue weighted by molar-refractivity contribution is 6.46. The molecule has 0 bridgehead atoms. The normalized spacial score (nSPS) is 18.9. The van der Waals surface area contributed by atoms with Crippen LogP contribution in [-0.4, -0.2) is 51.0 Å². The van der Waals surface area contributed by atoms with Crippen molar-refractivity contribution in [1.29, 1.82) is 0 Å². The molecule has 1 amide bonds. The highest BCUT2D eigenvalue weighted by Crippen LogP contribution is 2.43. The molecule has 1 saturated heterocycles. The average molecular weight is 580 g/mol. The molecule has 2 aliphatic rings. The molecule has 0 saturated carbocycles. The fourth-order valence-corrected chi connectivity index (χ4v) is 5.73. The number of hydrogen-bond acceptors (Lipinski definition) is 7. The second kappa shape index (κ2) is 12.1. The first-order valence-corrected chi connectivity index (χ1v) is 14.3. The smallest absolute Gasteiger partial charge is 0.295 e. The zero-order chi connectivity index (χ0) is 29.9. The summed E-state index contributed by atoms with van der Waals surface area (Å²) in [7, 11) is 1.55. The molecule has 0 radical (unpaired) electrons. The Morgan fingerprint density at radius 3 is 2.65 bits per heavy atom. The number of aryl methyl sites for hydroxylation is 1. The Morgan fingerprint density at radius 2 is 1.88 bits per heavy atom. The quantitative estimate of drug-likeness (QED) is 0.154. The molecule has 43 heavy (non-hydrogen) atoms. The fourth-order valence-electron chi connectivity index (χ4n) is 5.73. The van der Waals surface area contributed by atoms with Gasteiger partial charge in [0, 0.05) is 37.5 Å². The number of Topliss-reactive ketones (excluding diaryl/α,β-unsaturated/α-hetero) is 1. The maximum atomic E-state index is 13.6. The standard InChI is InChI=1S/C34H33N3O6/c1-22-17-26-18-25(10-11-27(26)43-22)32(38)30-31(37(34(40)33(30)39)15-6-14-36-16-13-35-21-36)24-9-12-28(29(19-24)41-2)42-20-23-7-4-3-5-8-23/h3-5,7-13,16,18-19,21-22,31,38H,6,14-15,17,20H2,1-2H3/t22-,31-/m1/s1. The van der Waals surface area contributed by atoms with Crippen LogP contribution < -0.4 is 14.2 Å². The molecule has 2 atom stereocenters. The molecule has 0 unspecified atom stereocenters. The number of rotatable bonds is 10. The van der Waals surface area contributed by atoms with Crippen molar-refractivity contribution in [3.8, 4) is 17.2 Å². The first-order chi connectivity index (χ1) is 20.9. The third-order valence-electron chi connectivity index (χ3n) is 7.82. The Kier molecular flexibility index (Phi) is 7.87. The van der Waals surface area contributed by atoms with Gasteiger partial charge in [-0.05, 0) is 60.4 Å². The number of aliphatic hydroxyl groups excluding tert-OH is 1. The van der Waals surface area contributed by atoms with Crippen molar-refractivity contribution in [3.63, 3.8) is 0 Å². The first-order valence-electron chi connectivity index (χ1n) is 14.3. The highest BCUT2D eigenvalue weighted by Gasteiger charge is 2.46. The predicted molar refractivity (Wildman–Crippen MR) is 160 cm³/mol. The SMILES string of the molecule is COc1cc([C@@H]2C(=C(O)c3ccc4c(c3)C[C@@H](C)O4)C(=O)C(=O)N2CCCn2ccnc2)ccc1OCc1ccccc1. The van der Waals surface area contributed by atoms with Crippen LogP contribution in [0.15, 0.2) is 91.0 Å². The summed E-state index contributed by atoms with van der Waals surface area (Å²) in [6, 6.07) is 19.7. The third kappa shape index (κ3) is 5.70. The van der Waals surface area contributed by atoms with Crippen molar-refractivity contribution in [2.45, 2.75) is 45.1 Å². The van der Waals surface area contributed by atoms with Gasteiger partial charge in [0.2, 0.25) is 0 Å². The van der Waals surface area contributed by atoms with Crippen LogP contribution in [0.3, 0.4) is 0 Å². The molecule has 3 aromatic carbocycles. The zero-order valence-electron chi connectivity index (χ0n) is 24.1. The lowest BCUT2D eigenvalue weighted by molar-refractivity contribution is -0.139. The molecule has 0 spiro atoms. The Hall–Kier alpha value is -5.05. The minimum Gasteiger partial charge on any atom is -0.507 e. The number of nitrogens with zero attached hydrogens (tertiary/aromatic N) is 3. The van der Waals surface area contributed by atoms with E-state index in [1.807, 2.05) is 60.2 Å². The van der Waals surface area contributed by atoms with Gasteiger partial charge in [0.05, 0.1) is 25.1 Å². The molecule has 4 aromatic rings. The molecule has 220 valence electrons. The molecule has 9 heteroatoms. The van der Waals surface area contributed by atoms with Crippen LogP contribution in [0.25, 0.3) is 5.76 Å². The average Bonchev–Trinajstić information content (AvgIpc) is 3.74. The maximum Gasteiger partial charge on any atom is 0.295 e. The number of carbonyl (C=O) groups is 2. The maximum absolute atomic E-state index is 13.6. The van der Waals surface area contributed by atoms with Crippen LogP contribution in [0, 0.1) is 0 Å². The molecule has 1 fully saturated rings. The molecule has 6 rings (SSSR count). The van der Waals surface area contributed by atoms with E-state index < -0.39 is 17.7 Å². The Balaban J connectivity index is 1.36. The monoisotopic (exact) mass is 579 g/mol. The summed E-state index contributed by atoms with van der Waals surface area (Å²) in [4.78, 5) is 32.6. The van der Waals surface area contributed by atoms with Gasteiger partial charge in [0.15, 0.2) is 11.5 Å². The topological polar surface area (TPSA) is 103 Å². The van der Waals surface area contributed by atoms with E-state index in [-0.39, 0.29) is 17.4 Å². The summed E-state index contributed by atoms with van der Waals surface area (Å²) < 4.78 is 19.5. The van der Waals surface area contributed by atoms with Gasteiger partial charge in [-0.25, -0.2) is 4.98 Å². The number of likely N-dealkylation sites (tertiary alicyclic amines) is 1. The second-order valence-electron chi connectivity index (χ2n) is 10.8. The Labute approximate surface area is 250 Å². The van der Waals surface area contributed by atoms with E-state index >= 15 is 0 Å². The summed E-state index contributed by atoms with van der Waals surface area (Å²) in [5, 5.41) is 11.6. The number of amides is 1. The number of fused-ring (bicyclic) bond motifs is 1. The lowest BCUT2D eigenvalue weighted by Crippen LogP contribution is -2.31. The van der Waals surface area contributed by atoms with E-state index in [0.717, 1.165) is 16.9 Å². The van der Waals surface area contributed by atoms with Gasteiger partial charge in [-0.3, -0.25) is 9.59 Å². The highest BCUT2D eigenvalue weighted by atomic mass is 16.5. The minimum absolute atomic E-state index is 0.0311. The lowest BCUT2D eigenvalue weighted by atomic mass is 9.94. The van der Waals surface area contributed by atoms with Crippen LogP contribution in [0.1, 0.15) is 41.6 Å².